The Kier molecular flexibility index (Phi) is 5.75. The Bertz CT molecular complexity index is 1230. The van der Waals surface area contributed by atoms with Gasteiger partial charge >= 0.3 is 0 Å². The summed E-state index contributed by atoms with van der Waals surface area (Å²) in [4.78, 5) is 2.51. The smallest absolute Gasteiger partial charge is 0.240 e. The molecule has 8 nitrogen and oxygen atoms in total. The van der Waals surface area contributed by atoms with Gasteiger partial charge in [-0.05, 0) is 62.5 Å². The molecule has 0 saturated carbocycles. The van der Waals surface area contributed by atoms with E-state index < -0.39 is 10.0 Å². The van der Waals surface area contributed by atoms with Crippen molar-refractivity contribution in [3.63, 3.8) is 0 Å². The number of rotatable bonds is 8. The predicted octanol–water partition coefficient (Wildman–Crippen LogP) is 2.93. The molecule has 10 heteroatoms. The number of hydrogen-bond donors (Lipinski definition) is 1. The number of hydrogen-bond acceptors (Lipinski definition) is 7. The van der Waals surface area contributed by atoms with Gasteiger partial charge in [0.05, 0.1) is 10.6 Å². The Balaban J connectivity index is 1.09. The lowest BCUT2D eigenvalue weighted by atomic mass is 10.1. The van der Waals surface area contributed by atoms with E-state index in [-0.39, 0.29) is 23.4 Å². The summed E-state index contributed by atoms with van der Waals surface area (Å²) in [5.41, 5.74) is 1.31. The molecule has 0 radical (unpaired) electrons. The number of halogens is 1. The Morgan fingerprint density at radius 2 is 2.03 bits per heavy atom. The van der Waals surface area contributed by atoms with Gasteiger partial charge < -0.3 is 18.9 Å². The molecule has 2 aromatic carbocycles. The molecule has 3 aromatic rings. The molecule has 170 valence electrons. The molecular weight excluding hydrogens is 437 g/mol. The van der Waals surface area contributed by atoms with Crippen molar-refractivity contribution >= 4 is 21.0 Å². The highest BCUT2D eigenvalue weighted by Gasteiger charge is 2.25. The maximum atomic E-state index is 13.3. The minimum atomic E-state index is -3.61. The monoisotopic (exact) mass is 461 g/mol. The molecule has 0 spiro atoms. The molecule has 1 aromatic heterocycles. The highest BCUT2D eigenvalue weighted by Crippen LogP contribution is 2.33. The molecule has 3 heterocycles. The molecule has 0 aliphatic carbocycles. The zero-order valence-electron chi connectivity index (χ0n) is 17.4. The van der Waals surface area contributed by atoms with Crippen LogP contribution in [0.5, 0.6) is 11.5 Å². The Morgan fingerprint density at radius 3 is 2.94 bits per heavy atom. The Labute approximate surface area is 185 Å². The number of nitrogens with zero attached hydrogens (tertiary/aromatic N) is 2. The molecule has 1 fully saturated rings. The topological polar surface area (TPSA) is 93.9 Å². The molecule has 2 aliphatic rings. The summed E-state index contributed by atoms with van der Waals surface area (Å²) in [5.74, 6) is 0.929. The highest BCUT2D eigenvalue weighted by molar-refractivity contribution is 7.89. The van der Waals surface area contributed by atoms with Gasteiger partial charge in [0.15, 0.2) is 17.1 Å². The largest absolute Gasteiger partial charge is 0.454 e. The van der Waals surface area contributed by atoms with E-state index in [9.17, 15) is 12.8 Å². The zero-order chi connectivity index (χ0) is 22.1. The summed E-state index contributed by atoms with van der Waals surface area (Å²) < 4.78 is 57.0. The van der Waals surface area contributed by atoms with Gasteiger partial charge in [-0.1, -0.05) is 5.16 Å². The summed E-state index contributed by atoms with van der Waals surface area (Å²) in [7, 11) is -3.61. The third-order valence-corrected chi connectivity index (χ3v) is 7.40. The van der Waals surface area contributed by atoms with Crippen molar-refractivity contribution in [3.05, 3.63) is 47.9 Å². The average Bonchev–Trinajstić information content (AvgIpc) is 3.51. The SMILES string of the molecule is O=S(=O)(NCC1CCN(CCCc2noc3cc(F)ccc23)C1)c1ccc2c(c1)OCO2. The normalized spacial score (nSPS) is 18.6. The maximum Gasteiger partial charge on any atom is 0.240 e. The van der Waals surface area contributed by atoms with E-state index in [1.165, 1.54) is 24.3 Å². The second-order valence-electron chi connectivity index (χ2n) is 8.20. The number of likely N-dealkylation sites (tertiary alicyclic amines) is 1. The molecule has 1 atom stereocenters. The number of benzene rings is 2. The predicted molar refractivity (Wildman–Crippen MR) is 115 cm³/mol. The summed E-state index contributed by atoms with van der Waals surface area (Å²) in [6.45, 7) is 3.17. The minimum absolute atomic E-state index is 0.107. The molecule has 2 aliphatic heterocycles. The van der Waals surface area contributed by atoms with Gasteiger partial charge in [0.2, 0.25) is 16.8 Å². The lowest BCUT2D eigenvalue weighted by Crippen LogP contribution is -2.31. The van der Waals surface area contributed by atoms with Gasteiger partial charge in [-0.3, -0.25) is 0 Å². The van der Waals surface area contributed by atoms with Crippen LogP contribution in [0.3, 0.4) is 0 Å². The molecule has 5 rings (SSSR count). The van der Waals surface area contributed by atoms with E-state index in [0.29, 0.717) is 23.6 Å². The highest BCUT2D eigenvalue weighted by atomic mass is 32.2. The van der Waals surface area contributed by atoms with Crippen molar-refractivity contribution in [3.8, 4) is 11.5 Å². The van der Waals surface area contributed by atoms with Crippen LogP contribution in [0.25, 0.3) is 11.0 Å². The van der Waals surface area contributed by atoms with Crippen LogP contribution in [-0.2, 0) is 16.4 Å². The van der Waals surface area contributed by atoms with E-state index >= 15 is 0 Å². The van der Waals surface area contributed by atoms with E-state index in [1.807, 2.05) is 0 Å². The first-order valence-electron chi connectivity index (χ1n) is 10.6. The number of nitrogens with one attached hydrogen (secondary N) is 1. The van der Waals surface area contributed by atoms with Gasteiger partial charge in [-0.15, -0.1) is 0 Å². The average molecular weight is 462 g/mol. The van der Waals surface area contributed by atoms with Gasteiger partial charge in [0, 0.05) is 30.6 Å². The lowest BCUT2D eigenvalue weighted by Gasteiger charge is -2.16. The van der Waals surface area contributed by atoms with Gasteiger partial charge in [0.1, 0.15) is 5.82 Å². The van der Waals surface area contributed by atoms with Crippen LogP contribution in [-0.4, -0.2) is 51.4 Å². The number of aromatic nitrogens is 1. The van der Waals surface area contributed by atoms with Crippen LogP contribution >= 0.6 is 0 Å². The Morgan fingerprint density at radius 1 is 1.16 bits per heavy atom. The molecule has 1 unspecified atom stereocenters. The lowest BCUT2D eigenvalue weighted by molar-refractivity contribution is 0.174. The van der Waals surface area contributed by atoms with E-state index in [0.717, 1.165) is 50.0 Å². The first-order chi connectivity index (χ1) is 15.5. The molecule has 32 heavy (non-hydrogen) atoms. The fourth-order valence-electron chi connectivity index (χ4n) is 4.25. The second kappa shape index (κ2) is 8.68. The van der Waals surface area contributed by atoms with Crippen molar-refractivity contribution in [2.24, 2.45) is 5.92 Å². The van der Waals surface area contributed by atoms with Gasteiger partial charge in [-0.2, -0.15) is 0 Å². The first-order valence-corrected chi connectivity index (χ1v) is 12.1. The quantitative estimate of drug-likeness (QED) is 0.551. The summed E-state index contributed by atoms with van der Waals surface area (Å²) in [6, 6.07) is 9.10. The summed E-state index contributed by atoms with van der Waals surface area (Å²) >= 11 is 0. The van der Waals surface area contributed by atoms with Gasteiger partial charge in [0.25, 0.3) is 0 Å². The molecule has 1 N–H and O–H groups in total. The third kappa shape index (κ3) is 4.43. The van der Waals surface area contributed by atoms with Crippen LogP contribution in [0, 0.1) is 11.7 Å². The third-order valence-electron chi connectivity index (χ3n) is 5.98. The van der Waals surface area contributed by atoms with E-state index in [4.69, 9.17) is 14.0 Å². The zero-order valence-corrected chi connectivity index (χ0v) is 18.2. The van der Waals surface area contributed by atoms with Crippen molar-refractivity contribution in [1.29, 1.82) is 0 Å². The minimum Gasteiger partial charge on any atom is -0.454 e. The Hall–Kier alpha value is -2.69. The first kappa shape index (κ1) is 21.2. The molecule has 0 amide bonds. The maximum absolute atomic E-state index is 13.3. The van der Waals surface area contributed by atoms with Crippen molar-refractivity contribution < 1.29 is 26.8 Å². The summed E-state index contributed by atoms with van der Waals surface area (Å²) in [6.07, 6.45) is 2.58. The van der Waals surface area contributed by atoms with Crippen LogP contribution in [0.4, 0.5) is 4.39 Å². The number of aryl methyl sites for hydroxylation is 1. The van der Waals surface area contributed by atoms with Crippen LogP contribution < -0.4 is 14.2 Å². The number of ether oxygens (including phenoxy) is 2. The fourth-order valence-corrected chi connectivity index (χ4v) is 5.38. The standard InChI is InChI=1S/C22H24FN3O5S/c23-16-3-5-18-19(25-31-21(18)10-16)2-1-8-26-9-7-15(13-26)12-24-32(27,28)17-4-6-20-22(11-17)30-14-29-20/h3-6,10-11,15,24H,1-2,7-9,12-14H2. The van der Waals surface area contributed by atoms with Gasteiger partial charge in [-0.25, -0.2) is 17.5 Å². The fraction of sp³-hybridized carbons (Fsp3) is 0.409. The van der Waals surface area contributed by atoms with Crippen molar-refractivity contribution in [2.75, 3.05) is 33.0 Å². The molecular formula is C22H24FN3O5S. The van der Waals surface area contributed by atoms with Crippen LogP contribution in [0.1, 0.15) is 18.5 Å². The van der Waals surface area contributed by atoms with Crippen molar-refractivity contribution in [2.45, 2.75) is 24.2 Å². The summed E-state index contributed by atoms with van der Waals surface area (Å²) in [5, 5.41) is 4.92. The van der Waals surface area contributed by atoms with Crippen LogP contribution in [0.2, 0.25) is 0 Å². The molecule has 0 bridgehead atoms. The van der Waals surface area contributed by atoms with Crippen molar-refractivity contribution in [1.82, 2.24) is 14.8 Å². The number of sulfonamides is 1. The second-order valence-corrected chi connectivity index (χ2v) is 9.96. The van der Waals surface area contributed by atoms with E-state index in [1.54, 1.807) is 12.1 Å². The van der Waals surface area contributed by atoms with Crippen LogP contribution in [0.15, 0.2) is 45.8 Å². The molecule has 1 saturated heterocycles. The number of fused-ring (bicyclic) bond motifs is 2. The van der Waals surface area contributed by atoms with E-state index in [2.05, 4.69) is 14.8 Å².